The predicted octanol–water partition coefficient (Wildman–Crippen LogP) is 2.77. The molecule has 6 heteroatoms. The first-order valence-corrected chi connectivity index (χ1v) is 7.82. The molecule has 21 heavy (non-hydrogen) atoms. The number of carbonyl (C=O) groups excluding carboxylic acids is 1. The van der Waals surface area contributed by atoms with E-state index in [0.717, 1.165) is 34.2 Å². The average Bonchev–Trinajstić information content (AvgIpc) is 2.90. The zero-order chi connectivity index (χ0) is 15.2. The van der Waals surface area contributed by atoms with Crippen molar-refractivity contribution in [1.82, 2.24) is 15.3 Å². The Bertz CT molecular complexity index is 624. The number of nitrogens with one attached hydrogen (secondary N) is 2. The molecule has 5 nitrogen and oxygen atoms in total. The number of hydrogen-bond acceptors (Lipinski definition) is 5. The minimum absolute atomic E-state index is 0.0980. The lowest BCUT2D eigenvalue weighted by atomic mass is 10.1. The predicted molar refractivity (Wildman–Crippen MR) is 85.8 cm³/mol. The van der Waals surface area contributed by atoms with Crippen LogP contribution in [0.3, 0.4) is 0 Å². The largest absolute Gasteiger partial charge is 0.373 e. The van der Waals surface area contributed by atoms with E-state index in [1.807, 2.05) is 19.2 Å². The van der Waals surface area contributed by atoms with Gasteiger partial charge in [0, 0.05) is 29.4 Å². The molecule has 0 aromatic carbocycles. The zero-order valence-corrected chi connectivity index (χ0v) is 13.4. The topological polar surface area (TPSA) is 66.9 Å². The molecule has 0 unspecified atom stereocenters. The minimum Gasteiger partial charge on any atom is -0.373 e. The lowest BCUT2D eigenvalue weighted by Crippen LogP contribution is -2.23. The molecular weight excluding hydrogens is 284 g/mol. The normalized spacial score (nSPS) is 10.4. The third kappa shape index (κ3) is 4.26. The summed E-state index contributed by atoms with van der Waals surface area (Å²) in [6.45, 7) is 4.55. The van der Waals surface area contributed by atoms with Gasteiger partial charge < -0.3 is 10.6 Å². The molecule has 0 spiro atoms. The van der Waals surface area contributed by atoms with Crippen LogP contribution in [0, 0.1) is 6.92 Å². The highest BCUT2D eigenvalue weighted by Gasteiger charge is 2.10. The molecule has 0 saturated heterocycles. The summed E-state index contributed by atoms with van der Waals surface area (Å²) in [4.78, 5) is 22.1. The van der Waals surface area contributed by atoms with Crippen LogP contribution in [0.5, 0.6) is 0 Å². The van der Waals surface area contributed by atoms with Crippen LogP contribution < -0.4 is 10.6 Å². The maximum Gasteiger partial charge on any atom is 0.251 e. The number of amides is 1. The van der Waals surface area contributed by atoms with Crippen LogP contribution in [0.25, 0.3) is 0 Å². The van der Waals surface area contributed by atoms with Crippen molar-refractivity contribution in [3.63, 3.8) is 0 Å². The molecule has 0 bridgehead atoms. The van der Waals surface area contributed by atoms with Crippen LogP contribution in [0.2, 0.25) is 0 Å². The second-order valence-electron chi connectivity index (χ2n) is 4.78. The Morgan fingerprint density at radius 3 is 2.81 bits per heavy atom. The van der Waals surface area contributed by atoms with Crippen molar-refractivity contribution in [2.45, 2.75) is 33.2 Å². The Morgan fingerprint density at radius 1 is 1.38 bits per heavy atom. The van der Waals surface area contributed by atoms with Gasteiger partial charge in [-0.15, -0.1) is 11.3 Å². The van der Waals surface area contributed by atoms with Crippen molar-refractivity contribution in [2.24, 2.45) is 0 Å². The highest BCUT2D eigenvalue weighted by atomic mass is 32.1. The smallest absolute Gasteiger partial charge is 0.251 e. The third-order valence-corrected chi connectivity index (χ3v) is 3.88. The summed E-state index contributed by atoms with van der Waals surface area (Å²) in [5, 5.41) is 6.81. The van der Waals surface area contributed by atoms with Crippen molar-refractivity contribution >= 4 is 23.1 Å². The Hall–Kier alpha value is -1.95. The van der Waals surface area contributed by atoms with E-state index < -0.39 is 0 Å². The molecule has 0 radical (unpaired) electrons. The molecule has 0 aliphatic rings. The molecule has 0 aliphatic heterocycles. The molecule has 2 aromatic rings. The first-order chi connectivity index (χ1) is 10.1. The van der Waals surface area contributed by atoms with Gasteiger partial charge in [0.1, 0.15) is 10.8 Å². The van der Waals surface area contributed by atoms with Gasteiger partial charge in [0.2, 0.25) is 0 Å². The Kier molecular flexibility index (Phi) is 5.27. The van der Waals surface area contributed by atoms with Gasteiger partial charge in [0.05, 0.1) is 6.54 Å². The van der Waals surface area contributed by atoms with Crippen LogP contribution in [-0.4, -0.2) is 22.9 Å². The fraction of sp³-hybridized carbons (Fsp3) is 0.400. The van der Waals surface area contributed by atoms with Crippen LogP contribution in [0.15, 0.2) is 18.3 Å². The lowest BCUT2D eigenvalue weighted by molar-refractivity contribution is 0.0950. The summed E-state index contributed by atoms with van der Waals surface area (Å²) in [6.07, 6.45) is 3.68. The van der Waals surface area contributed by atoms with E-state index in [1.165, 1.54) is 0 Å². The van der Waals surface area contributed by atoms with Gasteiger partial charge in [0.25, 0.3) is 5.91 Å². The fourth-order valence-electron chi connectivity index (χ4n) is 1.97. The van der Waals surface area contributed by atoms with E-state index in [1.54, 1.807) is 24.5 Å². The van der Waals surface area contributed by atoms with Crippen molar-refractivity contribution in [3.05, 3.63) is 39.5 Å². The number of pyridine rings is 1. The number of thiazole rings is 1. The Balaban J connectivity index is 2.08. The van der Waals surface area contributed by atoms with Crippen LogP contribution in [0.1, 0.15) is 39.3 Å². The molecule has 112 valence electrons. The maximum atomic E-state index is 12.3. The number of carbonyl (C=O) groups is 1. The summed E-state index contributed by atoms with van der Waals surface area (Å²) in [7, 11) is 1.80. The van der Waals surface area contributed by atoms with Crippen LogP contribution >= 0.6 is 11.3 Å². The Labute approximate surface area is 128 Å². The standard InChI is InChI=1S/C15H20N4OS/c1-4-5-12-6-11(7-13(16-3)19-12)15(20)18-9-14-17-8-10(2)21-14/h6-8H,4-5,9H2,1-3H3,(H,16,19)(H,18,20). The highest BCUT2D eigenvalue weighted by Crippen LogP contribution is 2.13. The molecule has 2 aromatic heterocycles. The number of hydrogen-bond donors (Lipinski definition) is 2. The molecule has 2 rings (SSSR count). The third-order valence-electron chi connectivity index (χ3n) is 2.97. The van der Waals surface area contributed by atoms with Crippen molar-refractivity contribution in [1.29, 1.82) is 0 Å². The van der Waals surface area contributed by atoms with E-state index in [-0.39, 0.29) is 5.91 Å². The van der Waals surface area contributed by atoms with E-state index in [4.69, 9.17) is 0 Å². The van der Waals surface area contributed by atoms with Gasteiger partial charge in [0.15, 0.2) is 0 Å². The molecule has 0 aliphatic carbocycles. The van der Waals surface area contributed by atoms with Crippen molar-refractivity contribution in [3.8, 4) is 0 Å². The summed E-state index contributed by atoms with van der Waals surface area (Å²) < 4.78 is 0. The van der Waals surface area contributed by atoms with E-state index in [0.29, 0.717) is 12.1 Å². The molecule has 1 amide bonds. The summed E-state index contributed by atoms with van der Waals surface area (Å²) in [5.41, 5.74) is 1.56. The van der Waals surface area contributed by atoms with Crippen molar-refractivity contribution < 1.29 is 4.79 Å². The van der Waals surface area contributed by atoms with Crippen LogP contribution in [0.4, 0.5) is 5.82 Å². The Morgan fingerprint density at radius 2 is 2.19 bits per heavy atom. The second-order valence-corrected chi connectivity index (χ2v) is 6.10. The summed E-state index contributed by atoms with van der Waals surface area (Å²) >= 11 is 1.59. The van der Waals surface area contributed by atoms with Gasteiger partial charge >= 0.3 is 0 Å². The zero-order valence-electron chi connectivity index (χ0n) is 12.6. The molecule has 2 N–H and O–H groups in total. The lowest BCUT2D eigenvalue weighted by Gasteiger charge is -2.08. The first kappa shape index (κ1) is 15.4. The number of anilines is 1. The average molecular weight is 304 g/mol. The van der Waals surface area contributed by atoms with Gasteiger partial charge in [-0.05, 0) is 25.5 Å². The van der Waals surface area contributed by atoms with Gasteiger partial charge in [-0.1, -0.05) is 13.3 Å². The highest BCUT2D eigenvalue weighted by molar-refractivity contribution is 7.11. The summed E-state index contributed by atoms with van der Waals surface area (Å²) in [5.74, 6) is 0.621. The first-order valence-electron chi connectivity index (χ1n) is 7.00. The number of rotatable bonds is 6. The molecule has 0 fully saturated rings. The van der Waals surface area contributed by atoms with Gasteiger partial charge in [-0.2, -0.15) is 0 Å². The van der Waals surface area contributed by atoms with E-state index in [9.17, 15) is 4.79 Å². The number of nitrogens with zero attached hydrogens (tertiary/aromatic N) is 2. The second kappa shape index (κ2) is 7.17. The van der Waals surface area contributed by atoms with Gasteiger partial charge in [-0.3, -0.25) is 4.79 Å². The van der Waals surface area contributed by atoms with Crippen LogP contribution in [-0.2, 0) is 13.0 Å². The molecule has 0 saturated carbocycles. The summed E-state index contributed by atoms with van der Waals surface area (Å²) in [6, 6.07) is 3.62. The number of aromatic nitrogens is 2. The van der Waals surface area contributed by atoms with Crippen molar-refractivity contribution in [2.75, 3.05) is 12.4 Å². The van der Waals surface area contributed by atoms with E-state index in [2.05, 4.69) is 27.5 Å². The monoisotopic (exact) mass is 304 g/mol. The number of aryl methyl sites for hydroxylation is 2. The molecule has 0 atom stereocenters. The molecule has 2 heterocycles. The fourth-order valence-corrected chi connectivity index (χ4v) is 2.70. The minimum atomic E-state index is -0.0980. The van der Waals surface area contributed by atoms with Gasteiger partial charge in [-0.25, -0.2) is 9.97 Å². The molecular formula is C15H20N4OS. The quantitative estimate of drug-likeness (QED) is 0.861. The van der Waals surface area contributed by atoms with E-state index >= 15 is 0 Å². The SMILES string of the molecule is CCCc1cc(C(=O)NCc2ncc(C)s2)cc(NC)n1. The maximum absolute atomic E-state index is 12.3.